The number of anilines is 1. The number of likely N-dealkylation sites (tertiary alicyclic amines) is 1. The fraction of sp³-hybridized carbons (Fsp3) is 0.304. The van der Waals surface area contributed by atoms with Crippen molar-refractivity contribution in [1.29, 1.82) is 0 Å². The van der Waals surface area contributed by atoms with Crippen LogP contribution in [0.15, 0.2) is 53.1 Å². The number of benzene rings is 2. The highest BCUT2D eigenvalue weighted by molar-refractivity contribution is 5.94. The first-order valence-corrected chi connectivity index (χ1v) is 10.9. The molecule has 2 aromatic carbocycles. The van der Waals surface area contributed by atoms with Crippen molar-refractivity contribution in [2.75, 3.05) is 18.4 Å². The van der Waals surface area contributed by atoms with Gasteiger partial charge in [-0.1, -0.05) is 11.2 Å². The first-order valence-electron chi connectivity index (χ1n) is 10.9. The number of nitrogens with zero attached hydrogens (tertiary/aromatic N) is 3. The second kappa shape index (κ2) is 10.0. The van der Waals surface area contributed by atoms with Gasteiger partial charge in [0.15, 0.2) is 0 Å². The van der Waals surface area contributed by atoms with E-state index in [0.29, 0.717) is 29.8 Å². The molecule has 35 heavy (non-hydrogen) atoms. The summed E-state index contributed by atoms with van der Waals surface area (Å²) in [5.41, 5.74) is 1.06. The van der Waals surface area contributed by atoms with Gasteiger partial charge in [-0.25, -0.2) is 4.79 Å². The summed E-state index contributed by atoms with van der Waals surface area (Å²) in [6.45, 7) is 0.764. The highest BCUT2D eigenvalue weighted by Gasteiger charge is 2.38. The van der Waals surface area contributed by atoms with Crippen LogP contribution in [0.25, 0.3) is 11.4 Å². The zero-order chi connectivity index (χ0) is 25.0. The third-order valence-corrected chi connectivity index (χ3v) is 5.56. The van der Waals surface area contributed by atoms with Crippen LogP contribution in [0.3, 0.4) is 0 Å². The number of phenolic OH excluding ortho intramolecular Hbond substituents is 1. The summed E-state index contributed by atoms with van der Waals surface area (Å²) >= 11 is 0. The number of rotatable bonds is 5. The Hall–Kier alpha value is -4.09. The smallest absolute Gasteiger partial charge is 0.471 e. The Labute approximate surface area is 197 Å². The molecule has 1 atom stereocenters. The average molecular weight is 489 g/mol. The second-order valence-electron chi connectivity index (χ2n) is 8.03. The van der Waals surface area contributed by atoms with Crippen molar-refractivity contribution >= 4 is 17.6 Å². The molecule has 1 unspecified atom stereocenters. The summed E-state index contributed by atoms with van der Waals surface area (Å²) in [4.78, 5) is 30.3. The SMILES string of the molecule is O=C(NCC1CCCCN1C(=O)Nc1ccc(-c2noc(C(F)(F)F)n2)cc1)c1cccc(O)c1. The van der Waals surface area contributed by atoms with Gasteiger partial charge in [0.1, 0.15) is 5.75 Å². The Morgan fingerprint density at radius 1 is 1.14 bits per heavy atom. The van der Waals surface area contributed by atoms with Crippen LogP contribution in [0.2, 0.25) is 0 Å². The first-order chi connectivity index (χ1) is 16.7. The van der Waals surface area contributed by atoms with E-state index in [9.17, 15) is 27.9 Å². The quantitative estimate of drug-likeness (QED) is 0.492. The summed E-state index contributed by atoms with van der Waals surface area (Å²) in [6, 6.07) is 11.4. The van der Waals surface area contributed by atoms with E-state index in [0.717, 1.165) is 12.8 Å². The minimum absolute atomic E-state index is 0.0116. The monoisotopic (exact) mass is 489 g/mol. The number of aromatic nitrogens is 2. The molecule has 0 saturated carbocycles. The van der Waals surface area contributed by atoms with Gasteiger partial charge in [-0.15, -0.1) is 0 Å². The van der Waals surface area contributed by atoms with Crippen LogP contribution in [-0.4, -0.2) is 51.2 Å². The Morgan fingerprint density at radius 2 is 1.91 bits per heavy atom. The lowest BCUT2D eigenvalue weighted by molar-refractivity contribution is -0.159. The molecule has 3 aromatic rings. The molecule has 1 saturated heterocycles. The van der Waals surface area contributed by atoms with Crippen LogP contribution in [0.1, 0.15) is 35.5 Å². The van der Waals surface area contributed by atoms with Gasteiger partial charge in [0.2, 0.25) is 5.82 Å². The number of piperidine rings is 1. The summed E-state index contributed by atoms with van der Waals surface area (Å²) < 4.78 is 42.2. The van der Waals surface area contributed by atoms with Crippen molar-refractivity contribution in [2.45, 2.75) is 31.5 Å². The molecule has 4 rings (SSSR count). The summed E-state index contributed by atoms with van der Waals surface area (Å²) in [7, 11) is 0. The number of halogens is 3. The van der Waals surface area contributed by atoms with Gasteiger partial charge >= 0.3 is 18.1 Å². The van der Waals surface area contributed by atoms with Crippen LogP contribution >= 0.6 is 0 Å². The highest BCUT2D eigenvalue weighted by atomic mass is 19.4. The molecule has 9 nitrogen and oxygen atoms in total. The third kappa shape index (κ3) is 5.89. The molecular formula is C23H22F3N5O4. The molecule has 1 aromatic heterocycles. The molecule has 0 bridgehead atoms. The number of amides is 3. The normalized spacial score (nSPS) is 16.1. The van der Waals surface area contributed by atoms with Gasteiger partial charge in [-0.2, -0.15) is 18.2 Å². The molecule has 0 aliphatic carbocycles. The van der Waals surface area contributed by atoms with E-state index in [-0.39, 0.29) is 36.1 Å². The van der Waals surface area contributed by atoms with Gasteiger partial charge in [-0.3, -0.25) is 4.79 Å². The molecule has 1 aliphatic heterocycles. The van der Waals surface area contributed by atoms with Crippen molar-refractivity contribution in [3.63, 3.8) is 0 Å². The fourth-order valence-corrected chi connectivity index (χ4v) is 3.79. The van der Waals surface area contributed by atoms with Crippen molar-refractivity contribution in [3.8, 4) is 17.1 Å². The van der Waals surface area contributed by atoms with E-state index >= 15 is 0 Å². The van der Waals surface area contributed by atoms with Gasteiger partial charge < -0.3 is 25.2 Å². The summed E-state index contributed by atoms with van der Waals surface area (Å²) in [5.74, 6) is -2.01. The van der Waals surface area contributed by atoms with Crippen LogP contribution in [0.4, 0.5) is 23.7 Å². The number of phenols is 1. The first kappa shape index (κ1) is 24.0. The van der Waals surface area contributed by atoms with Crippen LogP contribution < -0.4 is 10.6 Å². The average Bonchev–Trinajstić information content (AvgIpc) is 3.34. The Balaban J connectivity index is 1.36. The lowest BCUT2D eigenvalue weighted by atomic mass is 10.0. The zero-order valence-electron chi connectivity index (χ0n) is 18.4. The lowest BCUT2D eigenvalue weighted by Gasteiger charge is -2.35. The zero-order valence-corrected chi connectivity index (χ0v) is 18.4. The van der Waals surface area contributed by atoms with Gasteiger partial charge in [0.25, 0.3) is 5.91 Å². The molecule has 0 spiro atoms. The minimum Gasteiger partial charge on any atom is -0.508 e. The van der Waals surface area contributed by atoms with E-state index in [2.05, 4.69) is 25.3 Å². The maximum Gasteiger partial charge on any atom is 0.471 e. The van der Waals surface area contributed by atoms with Crippen LogP contribution in [-0.2, 0) is 6.18 Å². The predicted molar refractivity (Wildman–Crippen MR) is 119 cm³/mol. The standard InChI is InChI=1S/C23H22F3N5O4/c24-23(25,26)21-29-19(30-35-21)14-7-9-16(10-8-14)28-22(34)31-11-2-1-5-17(31)13-27-20(33)15-4-3-6-18(32)12-15/h3-4,6-10,12,17,32H,1-2,5,11,13H2,(H,27,33)(H,28,34). The maximum atomic E-state index is 12.9. The molecule has 3 N–H and O–H groups in total. The molecule has 1 fully saturated rings. The van der Waals surface area contributed by atoms with Crippen LogP contribution in [0.5, 0.6) is 5.75 Å². The van der Waals surface area contributed by atoms with Crippen molar-refractivity contribution < 1.29 is 32.4 Å². The fourth-order valence-electron chi connectivity index (χ4n) is 3.79. The van der Waals surface area contributed by atoms with E-state index < -0.39 is 12.1 Å². The van der Waals surface area contributed by atoms with E-state index in [1.54, 1.807) is 17.0 Å². The van der Waals surface area contributed by atoms with Gasteiger partial charge in [0.05, 0.1) is 6.04 Å². The highest BCUT2D eigenvalue weighted by Crippen LogP contribution is 2.29. The molecule has 1 aliphatic rings. The Morgan fingerprint density at radius 3 is 2.60 bits per heavy atom. The number of carbonyl (C=O) groups excluding carboxylic acids is 2. The predicted octanol–water partition coefficient (Wildman–Crippen LogP) is 4.28. The molecular weight excluding hydrogens is 467 g/mol. The van der Waals surface area contributed by atoms with Crippen molar-refractivity contribution in [1.82, 2.24) is 20.4 Å². The Kier molecular flexibility index (Phi) is 6.90. The molecule has 12 heteroatoms. The Bertz CT molecular complexity index is 1200. The number of nitrogens with one attached hydrogen (secondary N) is 2. The molecule has 0 radical (unpaired) electrons. The number of aromatic hydroxyl groups is 1. The molecule has 184 valence electrons. The number of hydrogen-bond acceptors (Lipinski definition) is 6. The van der Waals surface area contributed by atoms with Crippen molar-refractivity contribution in [2.24, 2.45) is 0 Å². The lowest BCUT2D eigenvalue weighted by Crippen LogP contribution is -2.50. The number of urea groups is 1. The summed E-state index contributed by atoms with van der Waals surface area (Å²) in [5, 5.41) is 18.5. The van der Waals surface area contributed by atoms with Gasteiger partial charge in [-0.05, 0) is 61.7 Å². The number of hydrogen-bond donors (Lipinski definition) is 3. The largest absolute Gasteiger partial charge is 0.508 e. The second-order valence-corrected chi connectivity index (χ2v) is 8.03. The molecule has 3 amide bonds. The van der Waals surface area contributed by atoms with Crippen LogP contribution in [0, 0.1) is 0 Å². The minimum atomic E-state index is -4.73. The summed E-state index contributed by atoms with van der Waals surface area (Å²) in [6.07, 6.45) is -2.28. The van der Waals surface area contributed by atoms with Crippen molar-refractivity contribution in [3.05, 3.63) is 60.0 Å². The van der Waals surface area contributed by atoms with E-state index in [4.69, 9.17) is 0 Å². The molecule has 2 heterocycles. The number of alkyl halides is 3. The van der Waals surface area contributed by atoms with E-state index in [1.165, 1.54) is 36.4 Å². The maximum absolute atomic E-state index is 12.9. The third-order valence-electron chi connectivity index (χ3n) is 5.56. The number of carbonyl (C=O) groups is 2. The van der Waals surface area contributed by atoms with Gasteiger partial charge in [0, 0.05) is 29.9 Å². The van der Waals surface area contributed by atoms with E-state index in [1.807, 2.05) is 0 Å². The topological polar surface area (TPSA) is 121 Å².